The number of carbonyl (C=O) groups excluding carboxylic acids is 1. The number of esters is 1. The maximum Gasteiger partial charge on any atom is 0.302 e. The number of ether oxygens (including phenoxy) is 2. The monoisotopic (exact) mass is 350 g/mol. The van der Waals surface area contributed by atoms with Gasteiger partial charge in [-0.2, -0.15) is 0 Å². The van der Waals surface area contributed by atoms with E-state index < -0.39 is 11.7 Å². The van der Waals surface area contributed by atoms with Crippen molar-refractivity contribution >= 4 is 5.97 Å². The number of hydrogen-bond donors (Lipinski definition) is 1. The maximum atomic E-state index is 11.5. The minimum Gasteiger partial charge on any atom is -0.460 e. The van der Waals surface area contributed by atoms with Crippen molar-refractivity contribution in [3.63, 3.8) is 0 Å². The highest BCUT2D eigenvalue weighted by Crippen LogP contribution is 2.37. The van der Waals surface area contributed by atoms with Gasteiger partial charge in [-0.25, -0.2) is 0 Å². The Morgan fingerprint density at radius 2 is 2.00 bits per heavy atom. The minimum absolute atomic E-state index is 0.171. The third-order valence-electron chi connectivity index (χ3n) is 5.64. The quantitative estimate of drug-likeness (QED) is 0.754. The second kappa shape index (κ2) is 8.50. The van der Waals surface area contributed by atoms with Gasteiger partial charge in [-0.05, 0) is 58.3 Å². The number of aliphatic hydroxyl groups excluding tert-OH is 1. The molecule has 2 rings (SSSR count). The molecule has 0 radical (unpaired) electrons. The molecule has 2 aliphatic rings. The maximum absolute atomic E-state index is 11.5. The molecule has 2 heterocycles. The molecule has 1 fully saturated rings. The molecule has 0 spiro atoms. The summed E-state index contributed by atoms with van der Waals surface area (Å²) in [6, 6.07) is 0. The molecular weight excluding hydrogens is 316 g/mol. The van der Waals surface area contributed by atoms with Crippen LogP contribution in [0.5, 0.6) is 0 Å². The van der Waals surface area contributed by atoms with Gasteiger partial charge in [-0.1, -0.05) is 37.1 Å². The van der Waals surface area contributed by atoms with E-state index in [1.165, 1.54) is 18.1 Å². The molecule has 0 aromatic heterocycles. The predicted octanol–water partition coefficient (Wildman–Crippen LogP) is 4.32. The third kappa shape index (κ3) is 5.42. The molecule has 2 bridgehead atoms. The van der Waals surface area contributed by atoms with Gasteiger partial charge >= 0.3 is 5.97 Å². The number of carbonyl (C=O) groups is 1. The molecule has 1 unspecified atom stereocenters. The Hall–Kier alpha value is -1.13. The lowest BCUT2D eigenvalue weighted by molar-refractivity contribution is -0.176. The van der Waals surface area contributed by atoms with Gasteiger partial charge in [0.1, 0.15) is 6.10 Å². The standard InChI is InChI=1S/C21H34O4/c1-14(2)17-8-6-15(3)7-9-19-18(24-16(4)22)10-11-20(23)21(5,25-19)13-12-17/h6,8,14,18-20,23H,7,9-13H2,1-5H3/b15-6+,17-8+/t18-,19?,20+,21-/m1/s1. The summed E-state index contributed by atoms with van der Waals surface area (Å²) in [5.41, 5.74) is 2.08. The lowest BCUT2D eigenvalue weighted by Gasteiger charge is -2.37. The van der Waals surface area contributed by atoms with E-state index in [1.54, 1.807) is 0 Å². The number of fused-ring (bicyclic) bond motifs is 2. The topological polar surface area (TPSA) is 55.8 Å². The van der Waals surface area contributed by atoms with Gasteiger partial charge in [-0.3, -0.25) is 4.79 Å². The lowest BCUT2D eigenvalue weighted by Crippen LogP contribution is -2.44. The highest BCUT2D eigenvalue weighted by molar-refractivity contribution is 5.66. The number of aliphatic hydroxyl groups is 1. The van der Waals surface area contributed by atoms with Crippen LogP contribution in [0, 0.1) is 5.92 Å². The molecule has 0 aromatic rings. The summed E-state index contributed by atoms with van der Waals surface area (Å²) < 4.78 is 12.0. The van der Waals surface area contributed by atoms with Crippen molar-refractivity contribution in [2.75, 3.05) is 0 Å². The second-order valence-corrected chi connectivity index (χ2v) is 8.16. The summed E-state index contributed by atoms with van der Waals surface area (Å²) in [5.74, 6) is 0.193. The zero-order valence-corrected chi connectivity index (χ0v) is 16.4. The fourth-order valence-corrected chi connectivity index (χ4v) is 3.79. The second-order valence-electron chi connectivity index (χ2n) is 8.16. The van der Waals surface area contributed by atoms with Crippen LogP contribution in [-0.4, -0.2) is 35.0 Å². The lowest BCUT2D eigenvalue weighted by atomic mass is 9.86. The van der Waals surface area contributed by atoms with Gasteiger partial charge in [0.2, 0.25) is 0 Å². The Bertz CT molecular complexity index is 534. The highest BCUT2D eigenvalue weighted by atomic mass is 16.6. The van der Waals surface area contributed by atoms with Crippen molar-refractivity contribution in [1.82, 2.24) is 0 Å². The average molecular weight is 350 g/mol. The van der Waals surface area contributed by atoms with Crippen LogP contribution < -0.4 is 0 Å². The van der Waals surface area contributed by atoms with Crippen LogP contribution in [0.15, 0.2) is 23.3 Å². The first-order valence-electron chi connectivity index (χ1n) is 9.60. The van der Waals surface area contributed by atoms with E-state index in [0.29, 0.717) is 18.8 Å². The van der Waals surface area contributed by atoms with Crippen LogP contribution in [0.25, 0.3) is 0 Å². The van der Waals surface area contributed by atoms with E-state index in [9.17, 15) is 9.90 Å². The van der Waals surface area contributed by atoms with Crippen LogP contribution >= 0.6 is 0 Å². The van der Waals surface area contributed by atoms with Gasteiger partial charge in [0.15, 0.2) is 0 Å². The molecule has 0 saturated carbocycles. The molecule has 4 heteroatoms. The molecule has 4 nitrogen and oxygen atoms in total. The van der Waals surface area contributed by atoms with Crippen LogP contribution in [0.1, 0.15) is 73.1 Å². The fourth-order valence-electron chi connectivity index (χ4n) is 3.79. The Morgan fingerprint density at radius 1 is 1.28 bits per heavy atom. The molecule has 4 atom stereocenters. The summed E-state index contributed by atoms with van der Waals surface area (Å²) in [7, 11) is 0. The fraction of sp³-hybridized carbons (Fsp3) is 0.762. The summed E-state index contributed by atoms with van der Waals surface area (Å²) in [6.45, 7) is 10.0. The SMILES string of the molecule is CC(=O)O[C@@H]1CC[C@H](O)[C@@]2(C)CC/C(C(C)C)=C\C=C(/C)CCC1O2. The smallest absolute Gasteiger partial charge is 0.302 e. The van der Waals surface area contributed by atoms with Crippen LogP contribution in [0.4, 0.5) is 0 Å². The third-order valence-corrected chi connectivity index (χ3v) is 5.64. The van der Waals surface area contributed by atoms with E-state index in [0.717, 1.165) is 25.7 Å². The predicted molar refractivity (Wildman–Crippen MR) is 99.2 cm³/mol. The van der Waals surface area contributed by atoms with Crippen molar-refractivity contribution in [2.24, 2.45) is 5.92 Å². The average Bonchev–Trinajstić information content (AvgIpc) is 2.65. The minimum atomic E-state index is -0.605. The molecule has 1 saturated heterocycles. The number of allylic oxidation sites excluding steroid dienone is 4. The molecule has 0 amide bonds. The summed E-state index contributed by atoms with van der Waals surface area (Å²) in [6.07, 6.45) is 8.07. The van der Waals surface area contributed by atoms with Crippen LogP contribution in [0.2, 0.25) is 0 Å². The van der Waals surface area contributed by atoms with E-state index in [1.807, 2.05) is 6.92 Å². The van der Waals surface area contributed by atoms with Gasteiger partial charge in [0.25, 0.3) is 0 Å². The first kappa shape index (κ1) is 20.2. The molecule has 0 aromatic carbocycles. The van der Waals surface area contributed by atoms with Crippen molar-refractivity contribution in [1.29, 1.82) is 0 Å². The zero-order valence-electron chi connectivity index (χ0n) is 16.4. The van der Waals surface area contributed by atoms with Gasteiger partial charge < -0.3 is 14.6 Å². The Balaban J connectivity index is 2.30. The van der Waals surface area contributed by atoms with Crippen molar-refractivity contribution in [2.45, 2.75) is 97.1 Å². The molecule has 25 heavy (non-hydrogen) atoms. The zero-order chi connectivity index (χ0) is 18.6. The molecular formula is C21H34O4. The van der Waals surface area contributed by atoms with Crippen LogP contribution in [0.3, 0.4) is 0 Å². The molecule has 2 aliphatic heterocycles. The van der Waals surface area contributed by atoms with Gasteiger partial charge in [0, 0.05) is 6.92 Å². The van der Waals surface area contributed by atoms with Crippen molar-refractivity contribution in [3.05, 3.63) is 23.3 Å². The number of hydrogen-bond acceptors (Lipinski definition) is 4. The highest BCUT2D eigenvalue weighted by Gasteiger charge is 2.42. The molecule has 0 aliphatic carbocycles. The summed E-state index contributed by atoms with van der Waals surface area (Å²) in [5, 5.41) is 10.7. The van der Waals surface area contributed by atoms with E-state index >= 15 is 0 Å². The largest absolute Gasteiger partial charge is 0.460 e. The van der Waals surface area contributed by atoms with Crippen molar-refractivity contribution < 1.29 is 19.4 Å². The van der Waals surface area contributed by atoms with Gasteiger partial charge in [-0.15, -0.1) is 0 Å². The first-order chi connectivity index (χ1) is 11.7. The number of rotatable bonds is 2. The molecule has 1 N–H and O–H groups in total. The van der Waals surface area contributed by atoms with E-state index in [-0.39, 0.29) is 18.2 Å². The Morgan fingerprint density at radius 3 is 2.64 bits per heavy atom. The first-order valence-corrected chi connectivity index (χ1v) is 9.60. The Kier molecular flexibility index (Phi) is 6.86. The van der Waals surface area contributed by atoms with Crippen LogP contribution in [-0.2, 0) is 14.3 Å². The van der Waals surface area contributed by atoms with E-state index in [2.05, 4.69) is 32.9 Å². The van der Waals surface area contributed by atoms with E-state index in [4.69, 9.17) is 9.47 Å². The molecule has 142 valence electrons. The van der Waals surface area contributed by atoms with Gasteiger partial charge in [0.05, 0.1) is 17.8 Å². The Labute approximate surface area is 152 Å². The summed E-state index contributed by atoms with van der Waals surface area (Å²) in [4.78, 5) is 11.5. The van der Waals surface area contributed by atoms with Crippen molar-refractivity contribution in [3.8, 4) is 0 Å². The normalized spacial score (nSPS) is 38.6. The summed E-state index contributed by atoms with van der Waals surface area (Å²) >= 11 is 0.